The molecule has 1 aliphatic rings. The summed E-state index contributed by atoms with van der Waals surface area (Å²) in [5, 5.41) is 0. The maximum Gasteiger partial charge on any atom is 0.255 e. The summed E-state index contributed by atoms with van der Waals surface area (Å²) in [6, 6.07) is 13.4. The van der Waals surface area contributed by atoms with Gasteiger partial charge >= 0.3 is 0 Å². The van der Waals surface area contributed by atoms with Crippen molar-refractivity contribution in [2.75, 3.05) is 25.6 Å². The lowest BCUT2D eigenvalue weighted by Crippen LogP contribution is -2.45. The number of sulfone groups is 1. The fraction of sp³-hybridized carbons (Fsp3) is 0.455. The topological polar surface area (TPSA) is 76.6 Å². The number of carbonyl (C=O) groups is 1. The molecule has 0 aliphatic carbocycles. The molecule has 1 aliphatic heterocycles. The van der Waals surface area contributed by atoms with E-state index >= 15 is 0 Å². The van der Waals surface area contributed by atoms with Crippen LogP contribution in [0.1, 0.15) is 41.4 Å². The lowest BCUT2D eigenvalue weighted by molar-refractivity contribution is 0.0787. The van der Waals surface area contributed by atoms with Gasteiger partial charge in [-0.2, -0.15) is 0 Å². The van der Waals surface area contributed by atoms with Crippen LogP contribution in [0.3, 0.4) is 0 Å². The van der Waals surface area contributed by atoms with Gasteiger partial charge < -0.3 is 9.64 Å². The molecule has 1 unspecified atom stereocenters. The van der Waals surface area contributed by atoms with Crippen molar-refractivity contribution < 1.29 is 17.9 Å². The van der Waals surface area contributed by atoms with Crippen LogP contribution in [0, 0.1) is 6.92 Å². The van der Waals surface area contributed by atoms with Crippen molar-refractivity contribution in [1.82, 2.24) is 9.88 Å². The first kappa shape index (κ1) is 21.5. The predicted molar refractivity (Wildman–Crippen MR) is 112 cm³/mol. The summed E-state index contributed by atoms with van der Waals surface area (Å²) >= 11 is 0. The lowest BCUT2D eigenvalue weighted by atomic mass is 9.98. The third-order valence-corrected chi connectivity index (χ3v) is 7.91. The lowest BCUT2D eigenvalue weighted by Gasteiger charge is -2.29. The number of aryl methyl sites for hydroxylation is 2. The Kier molecular flexibility index (Phi) is 6.70. The third-order valence-electron chi connectivity index (χ3n) is 5.58. The van der Waals surface area contributed by atoms with E-state index in [9.17, 15) is 13.2 Å². The van der Waals surface area contributed by atoms with Crippen LogP contribution in [0.2, 0.25) is 0 Å². The molecule has 0 saturated carbocycles. The number of pyridine rings is 1. The molecule has 1 amide bonds. The second-order valence-electron chi connectivity index (χ2n) is 7.56. The molecule has 1 atom stereocenters. The van der Waals surface area contributed by atoms with Gasteiger partial charge in [0.05, 0.1) is 10.3 Å². The van der Waals surface area contributed by atoms with Gasteiger partial charge in [0.15, 0.2) is 9.84 Å². The quantitative estimate of drug-likeness (QED) is 0.661. The van der Waals surface area contributed by atoms with E-state index in [-0.39, 0.29) is 18.4 Å². The number of nitrogens with zero attached hydrogens (tertiary/aromatic N) is 2. The van der Waals surface area contributed by atoms with E-state index in [0.717, 1.165) is 11.3 Å². The molecule has 6 nitrogen and oxygen atoms in total. The molecule has 156 valence electrons. The Labute approximate surface area is 172 Å². The number of aromatic nitrogens is 1. The second-order valence-corrected chi connectivity index (χ2v) is 9.89. The molecule has 2 aromatic rings. The standard InChI is InChI=1S/C22H28N2O4S/c1-3-28-17-29(26,27)22(12-11-19-7-5-4-6-8-19)13-14-24(16-22)21(25)20-10-9-18(2)23-15-20/h4-10,15H,3,11-14,16-17H2,1-2H3. The summed E-state index contributed by atoms with van der Waals surface area (Å²) in [5.74, 6) is -0.488. The summed E-state index contributed by atoms with van der Waals surface area (Å²) in [6.45, 7) is 4.57. The molecule has 1 aromatic carbocycles. The average Bonchev–Trinajstić information content (AvgIpc) is 3.18. The Morgan fingerprint density at radius 3 is 2.62 bits per heavy atom. The van der Waals surface area contributed by atoms with Gasteiger partial charge in [-0.15, -0.1) is 0 Å². The van der Waals surface area contributed by atoms with Crippen LogP contribution >= 0.6 is 0 Å². The summed E-state index contributed by atoms with van der Waals surface area (Å²) in [6.07, 6.45) is 3.07. The maximum atomic E-state index is 13.2. The van der Waals surface area contributed by atoms with Crippen molar-refractivity contribution >= 4 is 15.7 Å². The smallest absolute Gasteiger partial charge is 0.255 e. The number of benzene rings is 1. The van der Waals surface area contributed by atoms with E-state index < -0.39 is 14.6 Å². The van der Waals surface area contributed by atoms with Crippen LogP contribution in [0.15, 0.2) is 48.7 Å². The number of hydrogen-bond acceptors (Lipinski definition) is 5. The van der Waals surface area contributed by atoms with E-state index in [1.807, 2.05) is 37.3 Å². The molecule has 1 fully saturated rings. The van der Waals surface area contributed by atoms with E-state index in [1.165, 1.54) is 0 Å². The van der Waals surface area contributed by atoms with Gasteiger partial charge in [0.25, 0.3) is 5.91 Å². The minimum atomic E-state index is -3.54. The Balaban J connectivity index is 1.82. The van der Waals surface area contributed by atoms with Crippen molar-refractivity contribution in [1.29, 1.82) is 0 Å². The highest BCUT2D eigenvalue weighted by Crippen LogP contribution is 2.36. The largest absolute Gasteiger partial charge is 0.366 e. The Bertz CT molecular complexity index is 929. The van der Waals surface area contributed by atoms with Crippen LogP contribution in [0.25, 0.3) is 0 Å². The van der Waals surface area contributed by atoms with E-state index in [2.05, 4.69) is 4.98 Å². The SMILES string of the molecule is CCOCS(=O)(=O)C1(CCc2ccccc2)CCN(C(=O)c2ccc(C)nc2)C1. The van der Waals surface area contributed by atoms with Gasteiger partial charge in [-0.05, 0) is 50.8 Å². The Morgan fingerprint density at radius 1 is 1.21 bits per heavy atom. The Hall–Kier alpha value is -2.25. The first-order valence-corrected chi connectivity index (χ1v) is 11.6. The number of hydrogen-bond donors (Lipinski definition) is 0. The normalized spacial score (nSPS) is 19.4. The van der Waals surface area contributed by atoms with Crippen molar-refractivity contribution in [3.63, 3.8) is 0 Å². The van der Waals surface area contributed by atoms with Crippen LogP contribution < -0.4 is 0 Å². The fourth-order valence-electron chi connectivity index (χ4n) is 3.74. The number of likely N-dealkylation sites (tertiary alicyclic amines) is 1. The van der Waals surface area contributed by atoms with Crippen LogP contribution in [0.4, 0.5) is 0 Å². The number of amides is 1. The average molecular weight is 417 g/mol. The Morgan fingerprint density at radius 2 is 1.97 bits per heavy atom. The zero-order valence-corrected chi connectivity index (χ0v) is 17.8. The monoisotopic (exact) mass is 416 g/mol. The molecule has 0 N–H and O–H groups in total. The van der Waals surface area contributed by atoms with Crippen LogP contribution in [0.5, 0.6) is 0 Å². The van der Waals surface area contributed by atoms with Crippen molar-refractivity contribution in [2.24, 2.45) is 0 Å². The van der Waals surface area contributed by atoms with Gasteiger partial charge in [-0.1, -0.05) is 30.3 Å². The van der Waals surface area contributed by atoms with Gasteiger partial charge in [0.2, 0.25) is 0 Å². The van der Waals surface area contributed by atoms with Gasteiger partial charge in [0, 0.05) is 31.6 Å². The van der Waals surface area contributed by atoms with E-state index in [1.54, 1.807) is 30.2 Å². The van der Waals surface area contributed by atoms with Gasteiger partial charge in [0.1, 0.15) is 5.94 Å². The molecule has 1 aromatic heterocycles. The minimum absolute atomic E-state index is 0.175. The van der Waals surface area contributed by atoms with Crippen molar-refractivity contribution in [2.45, 2.75) is 37.9 Å². The first-order valence-electron chi connectivity index (χ1n) is 9.93. The highest BCUT2D eigenvalue weighted by Gasteiger charge is 2.49. The molecule has 2 heterocycles. The molecule has 3 rings (SSSR count). The number of ether oxygens (including phenoxy) is 1. The molecular weight excluding hydrogens is 388 g/mol. The third kappa shape index (κ3) is 4.85. The summed E-state index contributed by atoms with van der Waals surface area (Å²) < 4.78 is 30.7. The second kappa shape index (κ2) is 9.05. The molecule has 1 saturated heterocycles. The van der Waals surface area contributed by atoms with Gasteiger partial charge in [-0.25, -0.2) is 8.42 Å². The van der Waals surface area contributed by atoms with E-state index in [4.69, 9.17) is 4.74 Å². The maximum absolute atomic E-state index is 13.2. The molecule has 0 spiro atoms. The van der Waals surface area contributed by atoms with Crippen LogP contribution in [-0.2, 0) is 21.0 Å². The highest BCUT2D eigenvalue weighted by molar-refractivity contribution is 7.92. The summed E-state index contributed by atoms with van der Waals surface area (Å²) in [7, 11) is -3.54. The molecular formula is C22H28N2O4S. The predicted octanol–water partition coefficient (Wildman–Crippen LogP) is 3.02. The van der Waals surface area contributed by atoms with Crippen molar-refractivity contribution in [3.05, 3.63) is 65.5 Å². The fourth-order valence-corrected chi connectivity index (χ4v) is 5.55. The molecule has 0 radical (unpaired) electrons. The summed E-state index contributed by atoms with van der Waals surface area (Å²) in [4.78, 5) is 18.7. The highest BCUT2D eigenvalue weighted by atomic mass is 32.2. The molecule has 0 bridgehead atoms. The number of carbonyl (C=O) groups excluding carboxylic acids is 1. The zero-order chi connectivity index (χ0) is 20.9. The van der Waals surface area contributed by atoms with E-state index in [0.29, 0.717) is 38.0 Å². The van der Waals surface area contributed by atoms with Crippen molar-refractivity contribution in [3.8, 4) is 0 Å². The summed E-state index contributed by atoms with van der Waals surface area (Å²) in [5.41, 5.74) is 2.40. The minimum Gasteiger partial charge on any atom is -0.366 e. The zero-order valence-electron chi connectivity index (χ0n) is 17.0. The molecule has 29 heavy (non-hydrogen) atoms. The van der Waals surface area contributed by atoms with Gasteiger partial charge in [-0.3, -0.25) is 9.78 Å². The van der Waals surface area contributed by atoms with Crippen LogP contribution in [-0.4, -0.2) is 54.6 Å². The number of rotatable bonds is 8. The first-order chi connectivity index (χ1) is 13.9. The molecule has 7 heteroatoms.